The Kier molecular flexibility index (Phi) is 23.4. The fourth-order valence-electron chi connectivity index (χ4n) is 3.50. The van der Waals surface area contributed by atoms with E-state index >= 15 is 0 Å². The molecule has 0 saturated heterocycles. The zero-order valence-corrected chi connectivity index (χ0v) is 26.3. The van der Waals surface area contributed by atoms with Gasteiger partial charge in [0.2, 0.25) is 0 Å². The van der Waals surface area contributed by atoms with Crippen molar-refractivity contribution < 1.29 is 31.5 Å². The summed E-state index contributed by atoms with van der Waals surface area (Å²) < 4.78 is 50.3. The van der Waals surface area contributed by atoms with Crippen LogP contribution in [-0.4, -0.2) is 74.4 Å². The summed E-state index contributed by atoms with van der Waals surface area (Å²) in [4.78, 5) is 0.164. The average molecular weight is 596 g/mol. The van der Waals surface area contributed by atoms with Gasteiger partial charge in [0.25, 0.3) is 10.1 Å². The van der Waals surface area contributed by atoms with Gasteiger partial charge >= 0.3 is 0 Å². The van der Waals surface area contributed by atoms with Crippen molar-refractivity contribution in [1.82, 2.24) is 5.32 Å². The zero-order valence-electron chi connectivity index (χ0n) is 25.5. The summed E-state index contributed by atoms with van der Waals surface area (Å²) in [5.74, 6) is 0. The highest BCUT2D eigenvalue weighted by molar-refractivity contribution is 7.86. The minimum absolute atomic E-state index is 0.00600. The van der Waals surface area contributed by atoms with Gasteiger partial charge in [-0.3, -0.25) is 4.18 Å². The van der Waals surface area contributed by atoms with E-state index in [1.54, 1.807) is 12.1 Å². The van der Waals surface area contributed by atoms with Crippen LogP contribution in [0.15, 0.2) is 59.5 Å². The van der Waals surface area contributed by atoms with Crippen LogP contribution in [0.25, 0.3) is 0 Å². The summed E-state index contributed by atoms with van der Waals surface area (Å²) in [6.45, 7) is 13.0. The quantitative estimate of drug-likeness (QED) is 0.118. The van der Waals surface area contributed by atoms with Crippen molar-refractivity contribution in [3.63, 3.8) is 0 Å². The van der Waals surface area contributed by atoms with Crippen LogP contribution >= 0.6 is 0 Å². The van der Waals surface area contributed by atoms with Crippen molar-refractivity contribution in [1.29, 1.82) is 0 Å². The largest absolute Gasteiger partial charge is 0.379 e. The van der Waals surface area contributed by atoms with Crippen LogP contribution in [0.1, 0.15) is 63.5 Å². The Morgan fingerprint density at radius 2 is 1.12 bits per heavy atom. The maximum Gasteiger partial charge on any atom is 0.297 e. The number of nitrogens with one attached hydrogen (secondary N) is 1. The fourth-order valence-corrected chi connectivity index (χ4v) is 4.39. The van der Waals surface area contributed by atoms with Crippen LogP contribution in [0.3, 0.4) is 0 Å². The molecule has 2 aromatic carbocycles. The van der Waals surface area contributed by atoms with E-state index in [0.29, 0.717) is 26.4 Å². The number of hydrogen-bond donors (Lipinski definition) is 1. The first-order chi connectivity index (χ1) is 20.0. The second-order valence-corrected chi connectivity index (χ2v) is 11.2. The Hall–Kier alpha value is -1.85. The Balaban J connectivity index is 0.000000414. The molecular weight excluding hydrogens is 542 g/mol. The van der Waals surface area contributed by atoms with Crippen LogP contribution in [0.4, 0.5) is 0 Å². The molecule has 0 aliphatic carbocycles. The van der Waals surface area contributed by atoms with Crippen molar-refractivity contribution in [2.45, 2.75) is 70.7 Å². The Bertz CT molecular complexity index is 940. The molecule has 0 aliphatic heterocycles. The third-order valence-corrected chi connectivity index (χ3v) is 7.23. The second kappa shape index (κ2) is 25.8. The van der Waals surface area contributed by atoms with Gasteiger partial charge in [-0.2, -0.15) is 8.42 Å². The van der Waals surface area contributed by atoms with E-state index in [2.05, 4.69) is 43.4 Å². The summed E-state index contributed by atoms with van der Waals surface area (Å²) in [7, 11) is -3.70. The Morgan fingerprint density at radius 1 is 0.610 bits per heavy atom. The normalized spacial score (nSPS) is 11.3. The summed E-state index contributed by atoms with van der Waals surface area (Å²) >= 11 is 0. The summed E-state index contributed by atoms with van der Waals surface area (Å²) in [6.07, 6.45) is 7.07. The van der Waals surface area contributed by atoms with Crippen molar-refractivity contribution in [3.05, 3.63) is 65.7 Å². The topological polar surface area (TPSA) is 92.3 Å². The van der Waals surface area contributed by atoms with E-state index in [1.807, 2.05) is 13.0 Å². The Labute approximate surface area is 249 Å². The van der Waals surface area contributed by atoms with E-state index < -0.39 is 10.1 Å². The van der Waals surface area contributed by atoms with E-state index in [0.717, 1.165) is 51.3 Å². The number of hydrogen-bond acceptors (Lipinski definition) is 8. The monoisotopic (exact) mass is 595 g/mol. The van der Waals surface area contributed by atoms with E-state index in [1.165, 1.54) is 43.4 Å². The molecule has 0 spiro atoms. The third kappa shape index (κ3) is 21.5. The molecule has 2 aromatic rings. The minimum Gasteiger partial charge on any atom is -0.379 e. The number of rotatable bonds is 24. The predicted molar refractivity (Wildman–Crippen MR) is 165 cm³/mol. The molecule has 9 heteroatoms. The molecule has 0 atom stereocenters. The molecule has 0 heterocycles. The van der Waals surface area contributed by atoms with Crippen LogP contribution in [-0.2, 0) is 39.8 Å². The van der Waals surface area contributed by atoms with E-state index in [4.69, 9.17) is 23.1 Å². The number of aryl methyl sites for hydroxylation is 1. The van der Waals surface area contributed by atoms with Crippen LogP contribution in [0, 0.1) is 6.92 Å². The van der Waals surface area contributed by atoms with Gasteiger partial charge in [0.15, 0.2) is 0 Å². The molecule has 2 rings (SSSR count). The highest BCUT2D eigenvalue weighted by Crippen LogP contribution is 2.12. The molecule has 41 heavy (non-hydrogen) atoms. The zero-order chi connectivity index (χ0) is 29.9. The first-order valence-electron chi connectivity index (χ1n) is 15.0. The van der Waals surface area contributed by atoms with Gasteiger partial charge in [0.1, 0.15) is 0 Å². The summed E-state index contributed by atoms with van der Waals surface area (Å²) in [5.41, 5.74) is 2.31. The second-order valence-electron chi connectivity index (χ2n) is 9.62. The number of ether oxygens (including phenoxy) is 4. The highest BCUT2D eigenvalue weighted by atomic mass is 32.2. The van der Waals surface area contributed by atoms with Gasteiger partial charge in [-0.1, -0.05) is 87.6 Å². The lowest BCUT2D eigenvalue weighted by molar-refractivity contribution is 0.0360. The average Bonchev–Trinajstić information content (AvgIpc) is 2.98. The fraction of sp³-hybridized carbons (Fsp3) is 0.625. The molecule has 0 radical (unpaired) electrons. The van der Waals surface area contributed by atoms with Crippen molar-refractivity contribution in [2.75, 3.05) is 66.0 Å². The molecule has 0 aromatic heterocycles. The standard InChI is InChI=1S/C16H27NO2.C16H26O5S/c1-2-3-7-11-18-13-14-19-12-10-17-15-16-8-5-4-6-9-16;1-3-4-5-10-19-11-12-20-13-14-21-22(17,18)16-8-6-15(2)7-9-16/h4-6,8-9,17H,2-3,7,10-15H2,1H3;6-9H,3-5,10-14H2,1-2H3. The highest BCUT2D eigenvalue weighted by Gasteiger charge is 2.14. The minimum atomic E-state index is -3.70. The summed E-state index contributed by atoms with van der Waals surface area (Å²) in [6, 6.07) is 17.0. The molecule has 8 nitrogen and oxygen atoms in total. The molecule has 0 bridgehead atoms. The van der Waals surface area contributed by atoms with Crippen LogP contribution < -0.4 is 5.32 Å². The van der Waals surface area contributed by atoms with Gasteiger partial charge in [-0.25, -0.2) is 0 Å². The van der Waals surface area contributed by atoms with Gasteiger partial charge in [-0.05, 0) is 37.5 Å². The molecule has 0 aliphatic rings. The lowest BCUT2D eigenvalue weighted by atomic mass is 10.2. The molecule has 1 N–H and O–H groups in total. The first kappa shape index (κ1) is 37.2. The van der Waals surface area contributed by atoms with Gasteiger partial charge in [0.05, 0.1) is 51.1 Å². The summed E-state index contributed by atoms with van der Waals surface area (Å²) in [5, 5.41) is 3.35. The van der Waals surface area contributed by atoms with Gasteiger partial charge in [-0.15, -0.1) is 0 Å². The smallest absolute Gasteiger partial charge is 0.297 e. The lowest BCUT2D eigenvalue weighted by Gasteiger charge is -2.07. The van der Waals surface area contributed by atoms with Crippen molar-refractivity contribution in [2.24, 2.45) is 0 Å². The van der Waals surface area contributed by atoms with Gasteiger partial charge < -0.3 is 24.3 Å². The molecule has 0 fully saturated rings. The first-order valence-corrected chi connectivity index (χ1v) is 16.4. The van der Waals surface area contributed by atoms with Crippen molar-refractivity contribution in [3.8, 4) is 0 Å². The van der Waals surface area contributed by atoms with E-state index in [9.17, 15) is 8.42 Å². The molecule has 0 saturated carbocycles. The van der Waals surface area contributed by atoms with Gasteiger partial charge in [0, 0.05) is 26.3 Å². The maximum atomic E-state index is 11.9. The maximum absolute atomic E-state index is 11.9. The van der Waals surface area contributed by atoms with Crippen LogP contribution in [0.2, 0.25) is 0 Å². The predicted octanol–water partition coefficient (Wildman–Crippen LogP) is 5.92. The Morgan fingerprint density at radius 3 is 1.68 bits per heavy atom. The van der Waals surface area contributed by atoms with E-state index in [-0.39, 0.29) is 18.1 Å². The SMILES string of the molecule is CCCCCOCCOCCNCc1ccccc1.CCCCCOCCOCCOS(=O)(=O)c1ccc(C)cc1. The third-order valence-electron chi connectivity index (χ3n) is 5.90. The lowest BCUT2D eigenvalue weighted by Crippen LogP contribution is -2.20. The van der Waals surface area contributed by atoms with Crippen LogP contribution in [0.5, 0.6) is 0 Å². The molecule has 0 unspecified atom stereocenters. The molecule has 234 valence electrons. The molecular formula is C32H53NO7S. The number of unbranched alkanes of at least 4 members (excludes halogenated alkanes) is 4. The molecule has 0 amide bonds. The number of benzene rings is 2. The van der Waals surface area contributed by atoms with Crippen molar-refractivity contribution >= 4 is 10.1 Å².